The number of carbonyl (C=O) groups is 1. The number of rotatable bonds is 5. The van der Waals surface area contributed by atoms with Gasteiger partial charge < -0.3 is 5.32 Å². The summed E-state index contributed by atoms with van der Waals surface area (Å²) in [4.78, 5) is 30.4. The van der Waals surface area contributed by atoms with Gasteiger partial charge in [-0.1, -0.05) is 50.7 Å². The molecule has 3 heterocycles. The molecule has 3 aromatic heterocycles. The molecule has 0 unspecified atom stereocenters. The van der Waals surface area contributed by atoms with Crippen molar-refractivity contribution in [1.82, 2.24) is 19.3 Å². The first-order valence-corrected chi connectivity index (χ1v) is 11.6. The van der Waals surface area contributed by atoms with Crippen LogP contribution in [0.4, 0.5) is 5.82 Å². The van der Waals surface area contributed by atoms with Gasteiger partial charge in [-0.05, 0) is 23.6 Å². The summed E-state index contributed by atoms with van der Waals surface area (Å²) in [5, 5.41) is 10.6. The summed E-state index contributed by atoms with van der Waals surface area (Å²) in [5.74, 6) is 0.544. The summed E-state index contributed by atoms with van der Waals surface area (Å²) in [6.07, 6.45) is 0. The Morgan fingerprint density at radius 1 is 1.19 bits per heavy atom. The number of thioether (sulfide) groups is 1. The van der Waals surface area contributed by atoms with E-state index < -0.39 is 0 Å². The fourth-order valence-corrected chi connectivity index (χ4v) is 4.60. The minimum atomic E-state index is -0.192. The summed E-state index contributed by atoms with van der Waals surface area (Å²) >= 11 is 2.65. The highest BCUT2D eigenvalue weighted by Crippen LogP contribution is 2.27. The Labute approximate surface area is 188 Å². The lowest BCUT2D eigenvalue weighted by Gasteiger charge is -2.14. The maximum absolute atomic E-state index is 12.8. The average molecular weight is 454 g/mol. The van der Waals surface area contributed by atoms with Crippen molar-refractivity contribution in [2.45, 2.75) is 31.3 Å². The molecule has 0 saturated carbocycles. The van der Waals surface area contributed by atoms with E-state index in [0.29, 0.717) is 21.2 Å². The van der Waals surface area contributed by atoms with Crippen molar-refractivity contribution in [1.29, 1.82) is 0 Å². The van der Waals surface area contributed by atoms with Crippen LogP contribution in [0.2, 0.25) is 0 Å². The maximum atomic E-state index is 12.8. The van der Waals surface area contributed by atoms with Gasteiger partial charge in [0.2, 0.25) is 5.91 Å². The Kier molecular flexibility index (Phi) is 5.72. The number of carbonyl (C=O) groups excluding carboxylic acids is 1. The molecule has 0 aliphatic carbocycles. The Hall–Kier alpha value is -2.91. The maximum Gasteiger partial charge on any atom is 0.262 e. The summed E-state index contributed by atoms with van der Waals surface area (Å²) < 4.78 is 3.23. The molecule has 0 spiro atoms. The minimum absolute atomic E-state index is 0.105. The first kappa shape index (κ1) is 21.3. The molecule has 4 aromatic rings. The fraction of sp³-hybridized carbons (Fsp3) is 0.273. The second kappa shape index (κ2) is 8.32. The molecule has 4 rings (SSSR count). The molecule has 1 amide bonds. The third kappa shape index (κ3) is 4.42. The molecule has 9 heteroatoms. The molecule has 0 aliphatic heterocycles. The molecule has 0 aliphatic rings. The van der Waals surface area contributed by atoms with E-state index in [9.17, 15) is 9.59 Å². The molecule has 0 radical (unpaired) electrons. The van der Waals surface area contributed by atoms with Gasteiger partial charge in [-0.25, -0.2) is 9.67 Å². The molecule has 31 heavy (non-hydrogen) atoms. The molecule has 1 aromatic carbocycles. The molecule has 1 N–H and O–H groups in total. The Balaban J connectivity index is 1.56. The lowest BCUT2D eigenvalue weighted by Crippen LogP contribution is -2.21. The highest BCUT2D eigenvalue weighted by molar-refractivity contribution is 7.99. The SMILES string of the molecule is Cn1c(SCC(=O)Nc2cc(C(C)(C)C)nn2-c2ccccc2)nc2sccc2c1=O. The van der Waals surface area contributed by atoms with Gasteiger partial charge in [-0.15, -0.1) is 11.3 Å². The second-order valence-corrected chi connectivity index (χ2v) is 9.98. The van der Waals surface area contributed by atoms with E-state index in [-0.39, 0.29) is 22.6 Å². The molecule has 0 saturated heterocycles. The van der Waals surface area contributed by atoms with Crippen molar-refractivity contribution >= 4 is 45.0 Å². The number of aromatic nitrogens is 4. The van der Waals surface area contributed by atoms with Crippen LogP contribution in [0.25, 0.3) is 15.9 Å². The van der Waals surface area contributed by atoms with Gasteiger partial charge in [0.1, 0.15) is 10.6 Å². The average Bonchev–Trinajstić information content (AvgIpc) is 3.37. The normalized spacial score (nSPS) is 11.7. The topological polar surface area (TPSA) is 81.8 Å². The van der Waals surface area contributed by atoms with Crippen molar-refractivity contribution in [3.63, 3.8) is 0 Å². The lowest BCUT2D eigenvalue weighted by atomic mass is 9.92. The predicted molar refractivity (Wildman–Crippen MR) is 126 cm³/mol. The molecule has 0 fully saturated rings. The summed E-state index contributed by atoms with van der Waals surface area (Å²) in [7, 11) is 1.67. The summed E-state index contributed by atoms with van der Waals surface area (Å²) in [6, 6.07) is 13.4. The van der Waals surface area contributed by atoms with Gasteiger partial charge in [0.25, 0.3) is 5.56 Å². The number of nitrogens with zero attached hydrogens (tertiary/aromatic N) is 4. The van der Waals surface area contributed by atoms with E-state index in [1.807, 2.05) is 41.8 Å². The van der Waals surface area contributed by atoms with E-state index in [1.54, 1.807) is 17.8 Å². The molecule has 0 atom stereocenters. The zero-order valence-corrected chi connectivity index (χ0v) is 19.4. The summed E-state index contributed by atoms with van der Waals surface area (Å²) in [5.41, 5.74) is 1.48. The first-order chi connectivity index (χ1) is 14.7. The Morgan fingerprint density at radius 2 is 1.94 bits per heavy atom. The number of anilines is 1. The van der Waals surface area contributed by atoms with Crippen LogP contribution in [0, 0.1) is 0 Å². The number of hydrogen-bond donors (Lipinski definition) is 1. The van der Waals surface area contributed by atoms with Crippen molar-refractivity contribution in [2.24, 2.45) is 7.05 Å². The largest absolute Gasteiger partial charge is 0.310 e. The third-order valence-electron chi connectivity index (χ3n) is 4.74. The molecular weight excluding hydrogens is 430 g/mol. The fourth-order valence-electron chi connectivity index (χ4n) is 3.02. The molecule has 7 nitrogen and oxygen atoms in total. The van der Waals surface area contributed by atoms with E-state index in [0.717, 1.165) is 11.4 Å². The number of benzene rings is 1. The van der Waals surface area contributed by atoms with Crippen LogP contribution < -0.4 is 10.9 Å². The van der Waals surface area contributed by atoms with E-state index in [2.05, 4.69) is 31.1 Å². The Morgan fingerprint density at radius 3 is 2.65 bits per heavy atom. The smallest absolute Gasteiger partial charge is 0.262 e. The van der Waals surface area contributed by atoms with Gasteiger partial charge in [-0.3, -0.25) is 14.2 Å². The van der Waals surface area contributed by atoms with Crippen molar-refractivity contribution in [3.05, 3.63) is 63.9 Å². The van der Waals surface area contributed by atoms with Crippen LogP contribution in [0.3, 0.4) is 0 Å². The van der Waals surface area contributed by atoms with E-state index in [1.165, 1.54) is 27.7 Å². The van der Waals surface area contributed by atoms with Gasteiger partial charge in [-0.2, -0.15) is 5.10 Å². The van der Waals surface area contributed by atoms with Crippen molar-refractivity contribution in [2.75, 3.05) is 11.1 Å². The third-order valence-corrected chi connectivity index (χ3v) is 6.58. The number of thiophene rings is 1. The van der Waals surface area contributed by atoms with Crippen molar-refractivity contribution in [3.8, 4) is 5.69 Å². The first-order valence-electron chi connectivity index (χ1n) is 9.77. The van der Waals surface area contributed by atoms with Gasteiger partial charge in [0.15, 0.2) is 5.16 Å². The van der Waals surface area contributed by atoms with Crippen LogP contribution >= 0.6 is 23.1 Å². The molecule has 0 bridgehead atoms. The number of hydrogen-bond acceptors (Lipinski definition) is 6. The number of fused-ring (bicyclic) bond motifs is 1. The van der Waals surface area contributed by atoms with Crippen LogP contribution in [0.5, 0.6) is 0 Å². The molecule has 160 valence electrons. The standard InChI is InChI=1S/C22H23N5O2S2/c1-22(2,3)16-12-17(27(25-16)14-8-6-5-7-9-14)23-18(28)13-31-21-24-19-15(10-11-30-19)20(29)26(21)4/h5-12H,13H2,1-4H3,(H,23,28). The monoisotopic (exact) mass is 453 g/mol. The highest BCUT2D eigenvalue weighted by Gasteiger charge is 2.21. The lowest BCUT2D eigenvalue weighted by molar-refractivity contribution is -0.113. The van der Waals surface area contributed by atoms with Crippen molar-refractivity contribution < 1.29 is 4.79 Å². The zero-order valence-electron chi connectivity index (χ0n) is 17.7. The molecular formula is C22H23N5O2S2. The van der Waals surface area contributed by atoms with Crippen LogP contribution in [0.15, 0.2) is 57.8 Å². The van der Waals surface area contributed by atoms with Crippen LogP contribution in [-0.2, 0) is 17.3 Å². The summed E-state index contributed by atoms with van der Waals surface area (Å²) in [6.45, 7) is 6.25. The second-order valence-electron chi connectivity index (χ2n) is 8.15. The van der Waals surface area contributed by atoms with Crippen LogP contribution in [0.1, 0.15) is 26.5 Å². The highest BCUT2D eigenvalue weighted by atomic mass is 32.2. The minimum Gasteiger partial charge on any atom is -0.310 e. The van der Waals surface area contributed by atoms with Gasteiger partial charge in [0, 0.05) is 18.5 Å². The van der Waals surface area contributed by atoms with E-state index in [4.69, 9.17) is 5.10 Å². The number of amides is 1. The number of nitrogens with one attached hydrogen (secondary N) is 1. The van der Waals surface area contributed by atoms with Crippen LogP contribution in [-0.4, -0.2) is 31.0 Å². The predicted octanol–water partition coefficient (Wildman–Crippen LogP) is 4.21. The number of para-hydroxylation sites is 1. The zero-order chi connectivity index (χ0) is 22.2. The van der Waals surface area contributed by atoms with Gasteiger partial charge >= 0.3 is 0 Å². The quantitative estimate of drug-likeness (QED) is 0.362. The van der Waals surface area contributed by atoms with E-state index >= 15 is 0 Å². The Bertz CT molecular complexity index is 1300. The van der Waals surface area contributed by atoms with Gasteiger partial charge in [0.05, 0.1) is 22.5 Å².